The van der Waals surface area contributed by atoms with Crippen molar-refractivity contribution in [3.8, 4) is 11.8 Å². The molecule has 0 aliphatic carbocycles. The second-order valence-electron chi connectivity index (χ2n) is 8.01. The van der Waals surface area contributed by atoms with Crippen LogP contribution in [0.4, 0.5) is 10.1 Å². The molecule has 1 aromatic heterocycles. The average molecular weight is 487 g/mol. The molecule has 35 heavy (non-hydrogen) atoms. The fourth-order valence-electron chi connectivity index (χ4n) is 3.71. The highest BCUT2D eigenvalue weighted by molar-refractivity contribution is 7.99. The molecule has 0 spiro atoms. The Morgan fingerprint density at radius 1 is 1.09 bits per heavy atom. The number of aryl methyl sites for hydroxylation is 2. The van der Waals surface area contributed by atoms with Gasteiger partial charge in [-0.1, -0.05) is 42.1 Å². The zero-order valence-corrected chi connectivity index (χ0v) is 20.2. The molecule has 3 aromatic carbocycles. The molecule has 0 atom stereocenters. The van der Waals surface area contributed by atoms with Gasteiger partial charge in [0, 0.05) is 12.2 Å². The van der Waals surface area contributed by atoms with Crippen LogP contribution in [0, 0.1) is 31.0 Å². The van der Waals surface area contributed by atoms with Gasteiger partial charge in [-0.3, -0.25) is 14.2 Å². The summed E-state index contributed by atoms with van der Waals surface area (Å²) in [6.07, 6.45) is 0.178. The van der Waals surface area contributed by atoms with Crippen molar-refractivity contribution in [1.82, 2.24) is 9.55 Å². The lowest BCUT2D eigenvalue weighted by atomic mass is 10.1. The molecule has 1 amide bonds. The van der Waals surface area contributed by atoms with Crippen molar-refractivity contribution >= 4 is 34.3 Å². The molecule has 0 bridgehead atoms. The number of carbonyl (C=O) groups excluding carboxylic acids is 1. The molecule has 0 fully saturated rings. The Bertz CT molecular complexity index is 1510. The fourth-order valence-corrected chi connectivity index (χ4v) is 4.59. The number of fused-ring (bicyclic) bond motifs is 1. The normalized spacial score (nSPS) is 10.8. The highest BCUT2D eigenvalue weighted by Gasteiger charge is 2.20. The molecule has 0 saturated heterocycles. The highest BCUT2D eigenvalue weighted by atomic mass is 32.2. The molecule has 8 heteroatoms. The Labute approximate surface area is 206 Å². The number of halogens is 1. The van der Waals surface area contributed by atoms with Gasteiger partial charge in [0.2, 0.25) is 5.91 Å². The van der Waals surface area contributed by atoms with Crippen LogP contribution in [-0.4, -0.2) is 27.8 Å². The standard InChI is InChI=1S/C27H23FN4O2S/c1-18-12-13-20(16-19(18)2)31(15-7-14-29)25(33)17-35-27-30-23-10-5-3-8-21(23)26(34)32(27)24-11-6-4-9-22(24)28/h3-6,8-13,16H,7,15,17H2,1-2H3. The van der Waals surface area contributed by atoms with E-state index in [9.17, 15) is 14.0 Å². The maximum Gasteiger partial charge on any atom is 0.266 e. The van der Waals surface area contributed by atoms with E-state index in [2.05, 4.69) is 11.1 Å². The van der Waals surface area contributed by atoms with Crippen LogP contribution >= 0.6 is 11.8 Å². The Balaban J connectivity index is 1.72. The second kappa shape index (κ2) is 10.5. The first kappa shape index (κ1) is 24.2. The molecule has 4 rings (SSSR count). The largest absolute Gasteiger partial charge is 0.311 e. The third-order valence-corrected chi connectivity index (χ3v) is 6.64. The molecule has 0 radical (unpaired) electrons. The van der Waals surface area contributed by atoms with Gasteiger partial charge in [0.05, 0.1) is 34.8 Å². The summed E-state index contributed by atoms with van der Waals surface area (Å²) in [5.74, 6) is -0.848. The van der Waals surface area contributed by atoms with Crippen LogP contribution in [0.3, 0.4) is 0 Å². The summed E-state index contributed by atoms with van der Waals surface area (Å²) in [4.78, 5) is 32.8. The first-order valence-electron chi connectivity index (χ1n) is 11.0. The number of amides is 1. The van der Waals surface area contributed by atoms with Crippen LogP contribution in [0.5, 0.6) is 0 Å². The minimum atomic E-state index is -0.564. The minimum absolute atomic E-state index is 0.0441. The molecule has 4 aromatic rings. The monoisotopic (exact) mass is 486 g/mol. The number of carbonyl (C=O) groups is 1. The van der Waals surface area contributed by atoms with Gasteiger partial charge in [-0.25, -0.2) is 9.37 Å². The van der Waals surface area contributed by atoms with E-state index in [-0.39, 0.29) is 35.5 Å². The van der Waals surface area contributed by atoms with Gasteiger partial charge < -0.3 is 4.90 Å². The summed E-state index contributed by atoms with van der Waals surface area (Å²) < 4.78 is 15.9. The predicted molar refractivity (Wildman–Crippen MR) is 137 cm³/mol. The SMILES string of the molecule is Cc1ccc(N(CCC#N)C(=O)CSc2nc3ccccc3c(=O)n2-c2ccccc2F)cc1C. The van der Waals surface area contributed by atoms with E-state index in [1.165, 1.54) is 16.7 Å². The maximum atomic E-state index is 14.7. The van der Waals surface area contributed by atoms with Crippen LogP contribution in [0.1, 0.15) is 17.5 Å². The first-order valence-corrected chi connectivity index (χ1v) is 12.0. The Morgan fingerprint density at radius 3 is 2.57 bits per heavy atom. The lowest BCUT2D eigenvalue weighted by Gasteiger charge is -2.23. The van der Waals surface area contributed by atoms with Crippen molar-refractivity contribution in [2.24, 2.45) is 0 Å². The fraction of sp³-hybridized carbons (Fsp3) is 0.185. The third-order valence-electron chi connectivity index (χ3n) is 5.71. The lowest BCUT2D eigenvalue weighted by Crippen LogP contribution is -2.33. The van der Waals surface area contributed by atoms with E-state index in [1.54, 1.807) is 41.3 Å². The number of nitriles is 1. The van der Waals surface area contributed by atoms with E-state index >= 15 is 0 Å². The Kier molecular flexibility index (Phi) is 7.28. The van der Waals surface area contributed by atoms with Crippen molar-refractivity contribution in [3.63, 3.8) is 0 Å². The summed E-state index contributed by atoms with van der Waals surface area (Å²) in [7, 11) is 0. The van der Waals surface area contributed by atoms with Crippen molar-refractivity contribution in [2.45, 2.75) is 25.4 Å². The average Bonchev–Trinajstić information content (AvgIpc) is 2.86. The lowest BCUT2D eigenvalue weighted by molar-refractivity contribution is -0.116. The van der Waals surface area contributed by atoms with Gasteiger partial charge >= 0.3 is 0 Å². The van der Waals surface area contributed by atoms with Gasteiger partial charge in [0.15, 0.2) is 5.16 Å². The van der Waals surface area contributed by atoms with Crippen molar-refractivity contribution in [3.05, 3.63) is 94.0 Å². The summed E-state index contributed by atoms with van der Waals surface area (Å²) >= 11 is 1.06. The Morgan fingerprint density at radius 2 is 1.83 bits per heavy atom. The second-order valence-corrected chi connectivity index (χ2v) is 8.96. The number of hydrogen-bond acceptors (Lipinski definition) is 5. The van der Waals surface area contributed by atoms with E-state index in [0.717, 1.165) is 22.9 Å². The van der Waals surface area contributed by atoms with Crippen LogP contribution in [-0.2, 0) is 4.79 Å². The van der Waals surface area contributed by atoms with Crippen molar-refractivity contribution in [1.29, 1.82) is 5.26 Å². The van der Waals surface area contributed by atoms with E-state index < -0.39 is 11.4 Å². The number of aromatic nitrogens is 2. The smallest absolute Gasteiger partial charge is 0.266 e. The third kappa shape index (κ3) is 5.10. The minimum Gasteiger partial charge on any atom is -0.311 e. The van der Waals surface area contributed by atoms with Gasteiger partial charge in [0.25, 0.3) is 5.56 Å². The number of nitrogens with zero attached hydrogens (tertiary/aromatic N) is 4. The summed E-state index contributed by atoms with van der Waals surface area (Å²) in [6, 6.07) is 20.6. The van der Waals surface area contributed by atoms with Crippen LogP contribution < -0.4 is 10.5 Å². The topological polar surface area (TPSA) is 79.0 Å². The first-order chi connectivity index (χ1) is 16.9. The highest BCUT2D eigenvalue weighted by Crippen LogP contribution is 2.25. The predicted octanol–water partition coefficient (Wildman–Crippen LogP) is 5.18. The number of thioether (sulfide) groups is 1. The van der Waals surface area contributed by atoms with E-state index in [4.69, 9.17) is 5.26 Å². The van der Waals surface area contributed by atoms with Crippen molar-refractivity contribution in [2.75, 3.05) is 17.2 Å². The quantitative estimate of drug-likeness (QED) is 0.266. The molecule has 0 unspecified atom stereocenters. The molecule has 0 saturated carbocycles. The summed E-state index contributed by atoms with van der Waals surface area (Å²) in [6.45, 7) is 4.19. The molecule has 0 N–H and O–H groups in total. The van der Waals surface area contributed by atoms with Crippen LogP contribution in [0.25, 0.3) is 16.6 Å². The number of anilines is 1. The van der Waals surface area contributed by atoms with Crippen molar-refractivity contribution < 1.29 is 9.18 Å². The molecular formula is C27H23FN4O2S. The van der Waals surface area contributed by atoms with Gasteiger partial charge in [-0.2, -0.15) is 5.26 Å². The Hall–Kier alpha value is -3.96. The molecular weight excluding hydrogens is 463 g/mol. The summed E-state index contributed by atoms with van der Waals surface area (Å²) in [5, 5.41) is 9.67. The zero-order valence-electron chi connectivity index (χ0n) is 19.4. The molecule has 0 aliphatic rings. The number of benzene rings is 3. The van der Waals surface area contributed by atoms with Gasteiger partial charge in [-0.15, -0.1) is 0 Å². The van der Waals surface area contributed by atoms with E-state index in [1.807, 2.05) is 32.0 Å². The van der Waals surface area contributed by atoms with Gasteiger partial charge in [0.1, 0.15) is 5.82 Å². The molecule has 6 nitrogen and oxygen atoms in total. The molecule has 1 heterocycles. The number of para-hydroxylation sites is 2. The van der Waals surface area contributed by atoms with E-state index in [0.29, 0.717) is 16.6 Å². The zero-order chi connectivity index (χ0) is 24.9. The summed E-state index contributed by atoms with van der Waals surface area (Å²) in [5.41, 5.74) is 2.97. The van der Waals surface area contributed by atoms with Crippen LogP contribution in [0.2, 0.25) is 0 Å². The molecule has 176 valence electrons. The molecule has 0 aliphatic heterocycles. The number of hydrogen-bond donors (Lipinski definition) is 0. The maximum absolute atomic E-state index is 14.7. The number of rotatable bonds is 7. The van der Waals surface area contributed by atoms with Gasteiger partial charge in [-0.05, 0) is 61.4 Å². The van der Waals surface area contributed by atoms with Crippen LogP contribution in [0.15, 0.2) is 76.7 Å².